The fourth-order valence-corrected chi connectivity index (χ4v) is 2.64. The second-order valence-corrected chi connectivity index (χ2v) is 5.14. The molecule has 0 amide bonds. The fraction of sp³-hybridized carbons (Fsp3) is 0.714. The SMILES string of the molecule is CCCc1ccc(N2CCCC(CNC)C2)nn1. The summed E-state index contributed by atoms with van der Waals surface area (Å²) >= 11 is 0. The van der Waals surface area contributed by atoms with Gasteiger partial charge in [-0.2, -0.15) is 5.10 Å². The van der Waals surface area contributed by atoms with Crippen LogP contribution in [0.3, 0.4) is 0 Å². The van der Waals surface area contributed by atoms with E-state index in [4.69, 9.17) is 0 Å². The second kappa shape index (κ2) is 6.69. The molecular formula is C14H24N4. The number of piperidine rings is 1. The van der Waals surface area contributed by atoms with Gasteiger partial charge in [0.15, 0.2) is 5.82 Å². The summed E-state index contributed by atoms with van der Waals surface area (Å²) in [6.07, 6.45) is 4.72. The quantitative estimate of drug-likeness (QED) is 0.863. The first-order valence-corrected chi connectivity index (χ1v) is 7.05. The van der Waals surface area contributed by atoms with Crippen molar-refractivity contribution in [2.45, 2.75) is 32.6 Å². The molecule has 0 radical (unpaired) electrons. The molecular weight excluding hydrogens is 224 g/mol. The number of hydrogen-bond donors (Lipinski definition) is 1. The Bertz CT molecular complexity index is 347. The van der Waals surface area contributed by atoms with Crippen LogP contribution in [0.15, 0.2) is 12.1 Å². The molecule has 18 heavy (non-hydrogen) atoms. The molecule has 0 aliphatic carbocycles. The molecule has 4 nitrogen and oxygen atoms in total. The van der Waals surface area contributed by atoms with Crippen LogP contribution < -0.4 is 10.2 Å². The molecule has 1 unspecified atom stereocenters. The zero-order valence-corrected chi connectivity index (χ0v) is 11.5. The summed E-state index contributed by atoms with van der Waals surface area (Å²) in [6, 6.07) is 4.24. The van der Waals surface area contributed by atoms with E-state index >= 15 is 0 Å². The van der Waals surface area contributed by atoms with Crippen LogP contribution in [0.2, 0.25) is 0 Å². The third kappa shape index (κ3) is 3.42. The van der Waals surface area contributed by atoms with Crippen molar-refractivity contribution in [3.8, 4) is 0 Å². The Morgan fingerprint density at radius 2 is 2.28 bits per heavy atom. The molecule has 100 valence electrons. The van der Waals surface area contributed by atoms with Crippen LogP contribution in [0, 0.1) is 5.92 Å². The second-order valence-electron chi connectivity index (χ2n) is 5.14. The molecule has 1 aliphatic heterocycles. The first-order valence-electron chi connectivity index (χ1n) is 7.05. The summed E-state index contributed by atoms with van der Waals surface area (Å²) in [4.78, 5) is 2.37. The maximum Gasteiger partial charge on any atom is 0.151 e. The molecule has 1 saturated heterocycles. The van der Waals surface area contributed by atoms with Gasteiger partial charge in [0.2, 0.25) is 0 Å². The summed E-state index contributed by atoms with van der Waals surface area (Å²) < 4.78 is 0. The van der Waals surface area contributed by atoms with Crippen molar-refractivity contribution in [2.75, 3.05) is 31.6 Å². The van der Waals surface area contributed by atoms with Crippen LogP contribution >= 0.6 is 0 Å². The summed E-state index contributed by atoms with van der Waals surface area (Å²) in [7, 11) is 2.03. The van der Waals surface area contributed by atoms with Gasteiger partial charge in [0.1, 0.15) is 0 Å². The van der Waals surface area contributed by atoms with Gasteiger partial charge in [0.25, 0.3) is 0 Å². The van der Waals surface area contributed by atoms with Crippen molar-refractivity contribution >= 4 is 5.82 Å². The maximum absolute atomic E-state index is 4.37. The average Bonchev–Trinajstić information content (AvgIpc) is 2.41. The molecule has 0 bridgehead atoms. The Labute approximate surface area is 110 Å². The zero-order chi connectivity index (χ0) is 12.8. The summed E-state index contributed by atoms with van der Waals surface area (Å²) in [5.41, 5.74) is 1.10. The van der Waals surface area contributed by atoms with E-state index in [1.54, 1.807) is 0 Å². The molecule has 0 aromatic carbocycles. The number of anilines is 1. The van der Waals surface area contributed by atoms with E-state index in [-0.39, 0.29) is 0 Å². The van der Waals surface area contributed by atoms with Gasteiger partial charge in [-0.1, -0.05) is 13.3 Å². The van der Waals surface area contributed by atoms with Gasteiger partial charge in [-0.05, 0) is 50.9 Å². The minimum absolute atomic E-state index is 0.737. The van der Waals surface area contributed by atoms with E-state index in [0.717, 1.165) is 49.9 Å². The van der Waals surface area contributed by atoms with Crippen LogP contribution in [0.5, 0.6) is 0 Å². The van der Waals surface area contributed by atoms with Gasteiger partial charge in [-0.25, -0.2) is 0 Å². The van der Waals surface area contributed by atoms with Crippen LogP contribution in [0.1, 0.15) is 31.9 Å². The van der Waals surface area contributed by atoms with Gasteiger partial charge >= 0.3 is 0 Å². The summed E-state index contributed by atoms with van der Waals surface area (Å²) in [5, 5.41) is 12.0. The largest absolute Gasteiger partial charge is 0.355 e. The number of nitrogens with one attached hydrogen (secondary N) is 1. The molecule has 1 fully saturated rings. The minimum atomic E-state index is 0.737. The molecule has 0 spiro atoms. The van der Waals surface area contributed by atoms with E-state index in [0.29, 0.717) is 0 Å². The third-order valence-electron chi connectivity index (χ3n) is 3.55. The average molecular weight is 248 g/mol. The van der Waals surface area contributed by atoms with E-state index in [1.165, 1.54) is 12.8 Å². The van der Waals surface area contributed by atoms with Crippen molar-refractivity contribution in [3.05, 3.63) is 17.8 Å². The van der Waals surface area contributed by atoms with Gasteiger partial charge in [0, 0.05) is 13.1 Å². The normalized spacial score (nSPS) is 20.1. The number of nitrogens with zero attached hydrogens (tertiary/aromatic N) is 3. The topological polar surface area (TPSA) is 41.0 Å². The Balaban J connectivity index is 1.97. The number of hydrogen-bond acceptors (Lipinski definition) is 4. The molecule has 1 N–H and O–H groups in total. The van der Waals surface area contributed by atoms with Crippen LogP contribution in [-0.4, -0.2) is 36.9 Å². The zero-order valence-electron chi connectivity index (χ0n) is 11.5. The molecule has 1 aromatic heterocycles. The van der Waals surface area contributed by atoms with Crippen molar-refractivity contribution in [3.63, 3.8) is 0 Å². The smallest absolute Gasteiger partial charge is 0.151 e. The Hall–Kier alpha value is -1.16. The number of rotatable bonds is 5. The molecule has 2 rings (SSSR count). The highest BCUT2D eigenvalue weighted by Gasteiger charge is 2.20. The lowest BCUT2D eigenvalue weighted by Gasteiger charge is -2.33. The highest BCUT2D eigenvalue weighted by molar-refractivity contribution is 5.37. The highest BCUT2D eigenvalue weighted by Crippen LogP contribution is 2.20. The molecule has 4 heteroatoms. The number of aromatic nitrogens is 2. The third-order valence-corrected chi connectivity index (χ3v) is 3.55. The number of aryl methyl sites for hydroxylation is 1. The van der Waals surface area contributed by atoms with Gasteiger partial charge in [0.05, 0.1) is 5.69 Å². The molecule has 1 atom stereocenters. The molecule has 2 heterocycles. The highest BCUT2D eigenvalue weighted by atomic mass is 15.3. The standard InChI is InChI=1S/C14H24N4/c1-3-5-13-7-8-14(17-16-13)18-9-4-6-12(11-18)10-15-2/h7-8,12,15H,3-6,9-11H2,1-2H3. The molecule has 0 saturated carbocycles. The summed E-state index contributed by atoms with van der Waals surface area (Å²) in [5.74, 6) is 1.77. The van der Waals surface area contributed by atoms with Crippen molar-refractivity contribution in [1.29, 1.82) is 0 Å². The van der Waals surface area contributed by atoms with Gasteiger partial charge in [-0.15, -0.1) is 5.10 Å². The first-order chi connectivity index (χ1) is 8.83. The molecule has 1 aromatic rings. The Morgan fingerprint density at radius 3 is 2.94 bits per heavy atom. The van der Waals surface area contributed by atoms with E-state index < -0.39 is 0 Å². The van der Waals surface area contributed by atoms with E-state index in [1.807, 2.05) is 7.05 Å². The van der Waals surface area contributed by atoms with Crippen LogP contribution in [0.4, 0.5) is 5.82 Å². The van der Waals surface area contributed by atoms with Crippen LogP contribution in [-0.2, 0) is 6.42 Å². The predicted molar refractivity (Wildman–Crippen MR) is 74.9 cm³/mol. The lowest BCUT2D eigenvalue weighted by atomic mass is 9.98. The Morgan fingerprint density at radius 1 is 1.39 bits per heavy atom. The predicted octanol–water partition coefficient (Wildman–Crippen LogP) is 1.86. The maximum atomic E-state index is 4.37. The van der Waals surface area contributed by atoms with Crippen molar-refractivity contribution in [2.24, 2.45) is 5.92 Å². The lowest BCUT2D eigenvalue weighted by molar-refractivity contribution is 0.400. The lowest BCUT2D eigenvalue weighted by Crippen LogP contribution is -2.39. The van der Waals surface area contributed by atoms with Crippen LogP contribution in [0.25, 0.3) is 0 Å². The first kappa shape index (κ1) is 13.3. The summed E-state index contributed by atoms with van der Waals surface area (Å²) in [6.45, 7) is 5.48. The van der Waals surface area contributed by atoms with E-state index in [2.05, 4.69) is 39.5 Å². The molecule has 1 aliphatic rings. The van der Waals surface area contributed by atoms with Gasteiger partial charge in [-0.3, -0.25) is 0 Å². The minimum Gasteiger partial charge on any atom is -0.355 e. The van der Waals surface area contributed by atoms with E-state index in [9.17, 15) is 0 Å². The monoisotopic (exact) mass is 248 g/mol. The fourth-order valence-electron chi connectivity index (χ4n) is 2.64. The van der Waals surface area contributed by atoms with Crippen molar-refractivity contribution in [1.82, 2.24) is 15.5 Å². The van der Waals surface area contributed by atoms with Crippen molar-refractivity contribution < 1.29 is 0 Å². The Kier molecular flexibility index (Phi) is 4.93. The van der Waals surface area contributed by atoms with Gasteiger partial charge < -0.3 is 10.2 Å².